The van der Waals surface area contributed by atoms with Gasteiger partial charge < -0.3 is 10.1 Å². The molecular formula is C14H19NO2S. The van der Waals surface area contributed by atoms with Crippen LogP contribution >= 0.6 is 11.8 Å². The highest BCUT2D eigenvalue weighted by Crippen LogP contribution is 2.27. The van der Waals surface area contributed by atoms with Gasteiger partial charge in [0.2, 0.25) is 5.91 Å². The van der Waals surface area contributed by atoms with E-state index in [1.807, 2.05) is 36.0 Å². The molecule has 0 radical (unpaired) electrons. The Morgan fingerprint density at radius 2 is 2.11 bits per heavy atom. The van der Waals surface area contributed by atoms with Crippen LogP contribution in [0, 0.1) is 5.92 Å². The number of nitrogens with one attached hydrogen (secondary N) is 1. The van der Waals surface area contributed by atoms with E-state index in [2.05, 4.69) is 5.32 Å². The van der Waals surface area contributed by atoms with E-state index in [9.17, 15) is 4.79 Å². The van der Waals surface area contributed by atoms with E-state index in [4.69, 9.17) is 4.74 Å². The Morgan fingerprint density at radius 1 is 1.39 bits per heavy atom. The minimum absolute atomic E-state index is 0.0939. The molecular weight excluding hydrogens is 246 g/mol. The van der Waals surface area contributed by atoms with Crippen LogP contribution in [0.2, 0.25) is 0 Å². The summed E-state index contributed by atoms with van der Waals surface area (Å²) in [6.07, 6.45) is 2.94. The Balaban J connectivity index is 1.90. The van der Waals surface area contributed by atoms with E-state index in [-0.39, 0.29) is 5.91 Å². The molecule has 0 saturated carbocycles. The third-order valence-electron chi connectivity index (χ3n) is 3.20. The van der Waals surface area contributed by atoms with Crippen LogP contribution in [0.4, 0.5) is 5.69 Å². The topological polar surface area (TPSA) is 38.3 Å². The monoisotopic (exact) mass is 265 g/mol. The summed E-state index contributed by atoms with van der Waals surface area (Å²) < 4.78 is 5.22. The molecule has 1 aliphatic rings. The van der Waals surface area contributed by atoms with Crippen molar-refractivity contribution in [3.63, 3.8) is 0 Å². The van der Waals surface area contributed by atoms with Gasteiger partial charge in [-0.1, -0.05) is 12.1 Å². The summed E-state index contributed by atoms with van der Waals surface area (Å²) in [4.78, 5) is 12.0. The molecule has 1 saturated heterocycles. The fourth-order valence-electron chi connectivity index (χ4n) is 2.16. The lowest BCUT2D eigenvalue weighted by atomic mass is 9.98. The zero-order valence-corrected chi connectivity index (χ0v) is 11.5. The molecule has 0 bridgehead atoms. The van der Waals surface area contributed by atoms with Gasteiger partial charge in [0.1, 0.15) is 5.75 Å². The summed E-state index contributed by atoms with van der Waals surface area (Å²) in [5.41, 5.74) is 0.759. The SMILES string of the molecule is COc1ccccc1NC(=O)CC1CCSCC1. The standard InChI is InChI=1S/C14H19NO2S/c1-17-13-5-3-2-4-12(13)15-14(16)10-11-6-8-18-9-7-11/h2-5,11H,6-10H2,1H3,(H,15,16). The van der Waals surface area contributed by atoms with Gasteiger partial charge in [-0.3, -0.25) is 4.79 Å². The molecule has 1 aromatic carbocycles. The van der Waals surface area contributed by atoms with Crippen molar-refractivity contribution < 1.29 is 9.53 Å². The van der Waals surface area contributed by atoms with Crippen LogP contribution in [0.25, 0.3) is 0 Å². The molecule has 1 aromatic rings. The lowest BCUT2D eigenvalue weighted by Gasteiger charge is -2.20. The molecule has 0 aromatic heterocycles. The Labute approximate surface area is 112 Å². The molecule has 0 spiro atoms. The normalized spacial score (nSPS) is 16.3. The largest absolute Gasteiger partial charge is 0.495 e. The predicted molar refractivity (Wildman–Crippen MR) is 76.3 cm³/mol. The molecule has 3 nitrogen and oxygen atoms in total. The number of methoxy groups -OCH3 is 1. The van der Waals surface area contributed by atoms with Gasteiger partial charge in [-0.05, 0) is 42.4 Å². The van der Waals surface area contributed by atoms with Gasteiger partial charge in [0, 0.05) is 6.42 Å². The summed E-state index contributed by atoms with van der Waals surface area (Å²) in [6, 6.07) is 7.52. The molecule has 0 unspecified atom stereocenters. The molecule has 1 N–H and O–H groups in total. The summed E-state index contributed by atoms with van der Waals surface area (Å²) in [6.45, 7) is 0. The summed E-state index contributed by atoms with van der Waals surface area (Å²) in [7, 11) is 1.61. The molecule has 1 aliphatic heterocycles. The number of carbonyl (C=O) groups excluding carboxylic acids is 1. The fourth-order valence-corrected chi connectivity index (χ4v) is 3.37. The highest BCUT2D eigenvalue weighted by Gasteiger charge is 2.17. The number of hydrogen-bond donors (Lipinski definition) is 1. The van der Waals surface area contributed by atoms with Crippen molar-refractivity contribution in [2.75, 3.05) is 23.9 Å². The number of ether oxygens (including phenoxy) is 1. The molecule has 4 heteroatoms. The van der Waals surface area contributed by atoms with E-state index in [0.717, 1.165) is 18.5 Å². The predicted octanol–water partition coefficient (Wildman–Crippen LogP) is 3.17. The van der Waals surface area contributed by atoms with Gasteiger partial charge in [0.15, 0.2) is 0 Å². The number of amides is 1. The van der Waals surface area contributed by atoms with Crippen LogP contribution in [0.1, 0.15) is 19.3 Å². The summed E-state index contributed by atoms with van der Waals surface area (Å²) in [5.74, 6) is 3.72. The molecule has 98 valence electrons. The van der Waals surface area contributed by atoms with Crippen LogP contribution in [-0.4, -0.2) is 24.5 Å². The van der Waals surface area contributed by atoms with E-state index in [1.165, 1.54) is 11.5 Å². The van der Waals surface area contributed by atoms with Crippen molar-refractivity contribution in [2.24, 2.45) is 5.92 Å². The Hall–Kier alpha value is -1.16. The van der Waals surface area contributed by atoms with Crippen LogP contribution in [0.5, 0.6) is 5.75 Å². The van der Waals surface area contributed by atoms with Gasteiger partial charge in [-0.15, -0.1) is 0 Å². The lowest BCUT2D eigenvalue weighted by molar-refractivity contribution is -0.117. The second kappa shape index (κ2) is 6.69. The first-order chi connectivity index (χ1) is 8.79. The molecule has 18 heavy (non-hydrogen) atoms. The first kappa shape index (κ1) is 13.3. The minimum Gasteiger partial charge on any atom is -0.495 e. The van der Waals surface area contributed by atoms with Gasteiger partial charge in [-0.25, -0.2) is 0 Å². The molecule has 1 amide bonds. The smallest absolute Gasteiger partial charge is 0.224 e. The number of benzene rings is 1. The number of anilines is 1. The molecule has 1 fully saturated rings. The van der Waals surface area contributed by atoms with Crippen molar-refractivity contribution >= 4 is 23.4 Å². The molecule has 1 heterocycles. The first-order valence-electron chi connectivity index (χ1n) is 6.30. The van der Waals surface area contributed by atoms with Crippen LogP contribution in [-0.2, 0) is 4.79 Å². The average Bonchev–Trinajstić information content (AvgIpc) is 2.40. The van der Waals surface area contributed by atoms with Crippen molar-refractivity contribution in [3.8, 4) is 5.75 Å². The minimum atomic E-state index is 0.0939. The number of thioether (sulfide) groups is 1. The number of para-hydroxylation sites is 2. The molecule has 0 atom stereocenters. The lowest BCUT2D eigenvalue weighted by Crippen LogP contribution is -2.19. The Morgan fingerprint density at radius 3 is 2.83 bits per heavy atom. The maximum Gasteiger partial charge on any atom is 0.224 e. The number of hydrogen-bond acceptors (Lipinski definition) is 3. The van der Waals surface area contributed by atoms with Crippen molar-refractivity contribution in [3.05, 3.63) is 24.3 Å². The van der Waals surface area contributed by atoms with Gasteiger partial charge in [0.05, 0.1) is 12.8 Å². The summed E-state index contributed by atoms with van der Waals surface area (Å²) in [5, 5.41) is 2.94. The van der Waals surface area contributed by atoms with Crippen molar-refractivity contribution in [1.29, 1.82) is 0 Å². The van der Waals surface area contributed by atoms with E-state index in [1.54, 1.807) is 7.11 Å². The van der Waals surface area contributed by atoms with Gasteiger partial charge in [0.25, 0.3) is 0 Å². The van der Waals surface area contributed by atoms with Gasteiger partial charge >= 0.3 is 0 Å². The number of rotatable bonds is 4. The number of carbonyl (C=O) groups is 1. The quantitative estimate of drug-likeness (QED) is 0.908. The van der Waals surface area contributed by atoms with E-state index >= 15 is 0 Å². The van der Waals surface area contributed by atoms with Crippen LogP contribution in [0.15, 0.2) is 24.3 Å². The highest BCUT2D eigenvalue weighted by molar-refractivity contribution is 7.99. The Bertz CT molecular complexity index is 403. The zero-order chi connectivity index (χ0) is 12.8. The van der Waals surface area contributed by atoms with Crippen molar-refractivity contribution in [1.82, 2.24) is 0 Å². The molecule has 0 aliphatic carbocycles. The van der Waals surface area contributed by atoms with Crippen LogP contribution in [0.3, 0.4) is 0 Å². The van der Waals surface area contributed by atoms with Crippen molar-refractivity contribution in [2.45, 2.75) is 19.3 Å². The maximum atomic E-state index is 12.0. The third-order valence-corrected chi connectivity index (χ3v) is 4.24. The van der Waals surface area contributed by atoms with E-state index in [0.29, 0.717) is 18.1 Å². The summed E-state index contributed by atoms with van der Waals surface area (Å²) >= 11 is 1.98. The second-order valence-electron chi connectivity index (χ2n) is 4.51. The molecule has 2 rings (SSSR count). The van der Waals surface area contributed by atoms with E-state index < -0.39 is 0 Å². The first-order valence-corrected chi connectivity index (χ1v) is 7.45. The second-order valence-corrected chi connectivity index (χ2v) is 5.73. The Kier molecular flexibility index (Phi) is 4.93. The zero-order valence-electron chi connectivity index (χ0n) is 10.6. The maximum absolute atomic E-state index is 12.0. The van der Waals surface area contributed by atoms with Crippen LogP contribution < -0.4 is 10.1 Å². The average molecular weight is 265 g/mol. The fraction of sp³-hybridized carbons (Fsp3) is 0.500. The highest BCUT2D eigenvalue weighted by atomic mass is 32.2. The third kappa shape index (κ3) is 3.67. The van der Waals surface area contributed by atoms with Gasteiger partial charge in [-0.2, -0.15) is 11.8 Å².